The van der Waals surface area contributed by atoms with E-state index in [0.717, 1.165) is 50.5 Å². The fourth-order valence-electron chi connectivity index (χ4n) is 5.49. The van der Waals surface area contributed by atoms with Gasteiger partial charge in [-0.15, -0.1) is 35.7 Å². The van der Waals surface area contributed by atoms with Crippen molar-refractivity contribution in [1.29, 1.82) is 0 Å². The first-order valence-corrected chi connectivity index (χ1v) is 15.2. The zero-order chi connectivity index (χ0) is 31.3. The summed E-state index contributed by atoms with van der Waals surface area (Å²) in [6, 6.07) is 39.6. The number of benzene rings is 4. The molecule has 46 heavy (non-hydrogen) atoms. The van der Waals surface area contributed by atoms with E-state index in [1.54, 1.807) is 0 Å². The topological polar surface area (TPSA) is 57.8 Å². The van der Waals surface area contributed by atoms with Gasteiger partial charge in [0.1, 0.15) is 5.82 Å². The van der Waals surface area contributed by atoms with Gasteiger partial charge in [-0.25, -0.2) is 14.6 Å². The SMILES string of the molecule is CC(C)(C)c1ccnc(-n2c3[c-]c(Oc4[c-]c(-n5nc(C(C)(C)C)nc5-c5ccccc5)ccc4)ccc3c3ccccc32)c1.[Pt+2]. The first-order chi connectivity index (χ1) is 21.6. The Hall–Kier alpha value is -4.54. The Kier molecular flexibility index (Phi) is 8.20. The third-order valence-electron chi connectivity index (χ3n) is 7.91. The number of hydrogen-bond donors (Lipinski definition) is 0. The van der Waals surface area contributed by atoms with E-state index < -0.39 is 0 Å². The Bertz CT molecular complexity index is 2170. The maximum Gasteiger partial charge on any atom is 2.00 e. The molecule has 3 aromatic heterocycles. The Morgan fingerprint density at radius 3 is 2.20 bits per heavy atom. The van der Waals surface area contributed by atoms with Gasteiger partial charge in [-0.05, 0) is 40.3 Å². The van der Waals surface area contributed by atoms with E-state index in [2.05, 4.69) is 101 Å². The van der Waals surface area contributed by atoms with E-state index in [0.29, 0.717) is 11.5 Å². The van der Waals surface area contributed by atoms with Gasteiger partial charge >= 0.3 is 21.1 Å². The van der Waals surface area contributed by atoms with E-state index in [4.69, 9.17) is 19.8 Å². The number of fused-ring (bicyclic) bond motifs is 3. The normalized spacial score (nSPS) is 12.0. The molecule has 0 spiro atoms. The molecular weight excluding hydrogens is 750 g/mol. The fourth-order valence-corrected chi connectivity index (χ4v) is 5.49. The number of rotatable bonds is 5. The summed E-state index contributed by atoms with van der Waals surface area (Å²) in [5, 5.41) is 7.14. The molecule has 0 fully saturated rings. The van der Waals surface area contributed by atoms with Gasteiger partial charge in [-0.2, -0.15) is 17.2 Å². The average Bonchev–Trinajstić information content (AvgIpc) is 3.62. The smallest absolute Gasteiger partial charge is 0.509 e. The van der Waals surface area contributed by atoms with Crippen LogP contribution < -0.4 is 4.74 Å². The van der Waals surface area contributed by atoms with E-state index >= 15 is 0 Å². The van der Waals surface area contributed by atoms with Crippen LogP contribution in [0.1, 0.15) is 52.9 Å². The van der Waals surface area contributed by atoms with Crippen LogP contribution in [0.2, 0.25) is 0 Å². The molecule has 0 aliphatic rings. The van der Waals surface area contributed by atoms with Crippen molar-refractivity contribution in [2.24, 2.45) is 0 Å². The second-order valence-electron chi connectivity index (χ2n) is 13.4. The van der Waals surface area contributed by atoms with Gasteiger partial charge < -0.3 is 9.30 Å². The minimum Gasteiger partial charge on any atom is -0.509 e. The van der Waals surface area contributed by atoms with Crippen molar-refractivity contribution in [3.05, 3.63) is 127 Å². The third-order valence-corrected chi connectivity index (χ3v) is 7.91. The summed E-state index contributed by atoms with van der Waals surface area (Å²) in [7, 11) is 0. The summed E-state index contributed by atoms with van der Waals surface area (Å²) in [5.41, 5.74) is 4.70. The standard InChI is InChI=1S/C39H35N5O.Pt/c1-38(2,3)27-21-22-40-35(23-27)43-33-18-11-10-17-31(33)32-20-19-30(25-34(32)43)45-29-16-12-15-28(24-29)44-36(26-13-8-7-9-14-26)41-37(42-44)39(4,5)6;/h7-23H,1-6H3;/q-2;+2. The summed E-state index contributed by atoms with van der Waals surface area (Å²) in [6.45, 7) is 13.0. The molecule has 0 aliphatic carbocycles. The van der Waals surface area contributed by atoms with Crippen molar-refractivity contribution < 1.29 is 25.8 Å². The minimum absolute atomic E-state index is 0. The van der Waals surface area contributed by atoms with Crippen LogP contribution in [0.3, 0.4) is 0 Å². The number of para-hydroxylation sites is 1. The van der Waals surface area contributed by atoms with Crippen molar-refractivity contribution in [1.82, 2.24) is 24.3 Å². The van der Waals surface area contributed by atoms with Crippen LogP contribution in [0.25, 0.3) is 44.7 Å². The quantitative estimate of drug-likeness (QED) is 0.163. The predicted molar refractivity (Wildman–Crippen MR) is 181 cm³/mol. The van der Waals surface area contributed by atoms with Gasteiger partial charge in [0.25, 0.3) is 0 Å². The summed E-state index contributed by atoms with van der Waals surface area (Å²) < 4.78 is 10.4. The van der Waals surface area contributed by atoms with E-state index in [1.807, 2.05) is 65.5 Å². The molecule has 0 N–H and O–H groups in total. The zero-order valence-corrected chi connectivity index (χ0v) is 29.0. The number of nitrogens with zero attached hydrogens (tertiary/aromatic N) is 5. The predicted octanol–water partition coefficient (Wildman–Crippen LogP) is 9.41. The maximum absolute atomic E-state index is 6.43. The van der Waals surface area contributed by atoms with Gasteiger partial charge in [0, 0.05) is 34.2 Å². The number of hydrogen-bond acceptors (Lipinski definition) is 4. The summed E-state index contributed by atoms with van der Waals surface area (Å²) in [6.07, 6.45) is 1.89. The van der Waals surface area contributed by atoms with Crippen LogP contribution >= 0.6 is 0 Å². The molecule has 7 rings (SSSR count). The Morgan fingerprint density at radius 1 is 0.696 bits per heavy atom. The molecule has 232 valence electrons. The van der Waals surface area contributed by atoms with E-state index in [9.17, 15) is 0 Å². The summed E-state index contributed by atoms with van der Waals surface area (Å²) in [4.78, 5) is 9.72. The van der Waals surface area contributed by atoms with Crippen LogP contribution in [-0.4, -0.2) is 24.3 Å². The van der Waals surface area contributed by atoms with Gasteiger partial charge in [0.2, 0.25) is 0 Å². The van der Waals surface area contributed by atoms with Gasteiger partial charge in [-0.3, -0.25) is 0 Å². The largest absolute Gasteiger partial charge is 2.00 e. The molecule has 0 saturated carbocycles. The van der Waals surface area contributed by atoms with Crippen molar-refractivity contribution in [3.63, 3.8) is 0 Å². The van der Waals surface area contributed by atoms with Crippen molar-refractivity contribution >= 4 is 21.8 Å². The number of pyridine rings is 1. The summed E-state index contributed by atoms with van der Waals surface area (Å²) in [5.74, 6) is 3.52. The molecule has 0 radical (unpaired) electrons. The van der Waals surface area contributed by atoms with Gasteiger partial charge in [0.15, 0.2) is 11.6 Å². The van der Waals surface area contributed by atoms with Crippen LogP contribution in [0, 0.1) is 12.1 Å². The van der Waals surface area contributed by atoms with Crippen molar-refractivity contribution in [2.75, 3.05) is 0 Å². The third kappa shape index (κ3) is 5.90. The molecular formula is C39H35N5OPt. The molecule has 0 bridgehead atoms. The minimum atomic E-state index is -0.215. The molecule has 0 unspecified atom stereocenters. The van der Waals surface area contributed by atoms with Crippen molar-refractivity contribution in [2.45, 2.75) is 52.4 Å². The Balaban J connectivity index is 0.00000372. The van der Waals surface area contributed by atoms with Gasteiger partial charge in [-0.1, -0.05) is 95.6 Å². The molecule has 0 aliphatic heterocycles. The average molecular weight is 785 g/mol. The number of ether oxygens (including phenoxy) is 1. The van der Waals surface area contributed by atoms with Crippen LogP contribution in [-0.2, 0) is 31.9 Å². The van der Waals surface area contributed by atoms with E-state index in [1.165, 1.54) is 5.56 Å². The maximum atomic E-state index is 6.43. The molecule has 0 atom stereocenters. The first kappa shape index (κ1) is 31.4. The van der Waals surface area contributed by atoms with Crippen LogP contribution in [0.5, 0.6) is 11.5 Å². The fraction of sp³-hybridized carbons (Fsp3) is 0.205. The van der Waals surface area contributed by atoms with Crippen LogP contribution in [0.15, 0.2) is 103 Å². The monoisotopic (exact) mass is 784 g/mol. The second kappa shape index (κ2) is 12.0. The zero-order valence-electron chi connectivity index (χ0n) is 26.8. The molecule has 4 aromatic carbocycles. The molecule has 0 amide bonds. The summed E-state index contributed by atoms with van der Waals surface area (Å²) >= 11 is 0. The van der Waals surface area contributed by atoms with Crippen molar-refractivity contribution in [3.8, 4) is 34.4 Å². The number of aromatic nitrogens is 5. The molecule has 3 heterocycles. The van der Waals surface area contributed by atoms with Gasteiger partial charge in [0.05, 0.1) is 0 Å². The first-order valence-electron chi connectivity index (χ1n) is 15.2. The Labute approximate surface area is 284 Å². The van der Waals surface area contributed by atoms with E-state index in [-0.39, 0.29) is 31.9 Å². The second-order valence-corrected chi connectivity index (χ2v) is 13.4. The molecule has 6 nitrogen and oxygen atoms in total. The van der Waals surface area contributed by atoms with Crippen LogP contribution in [0.4, 0.5) is 0 Å². The molecule has 7 heteroatoms. The molecule has 0 saturated heterocycles. The molecule has 7 aromatic rings. The Morgan fingerprint density at radius 2 is 1.43 bits per heavy atom.